The van der Waals surface area contributed by atoms with Gasteiger partial charge in [-0.05, 0) is 30.7 Å². The van der Waals surface area contributed by atoms with Crippen LogP contribution in [0.15, 0.2) is 67.0 Å². The minimum absolute atomic E-state index is 0.0443. The topological polar surface area (TPSA) is 102 Å². The van der Waals surface area contributed by atoms with Crippen molar-refractivity contribution in [2.24, 2.45) is 0 Å². The fourth-order valence-electron chi connectivity index (χ4n) is 2.88. The summed E-state index contributed by atoms with van der Waals surface area (Å²) in [6, 6.07) is 16.0. The normalized spacial score (nSPS) is 11.3. The maximum Gasteiger partial charge on any atom is 0.308 e. The minimum atomic E-state index is -1.10. The van der Waals surface area contributed by atoms with Crippen molar-refractivity contribution in [3.8, 4) is 5.75 Å². The molecule has 0 spiro atoms. The predicted octanol–water partition coefficient (Wildman–Crippen LogP) is 3.52. The van der Waals surface area contributed by atoms with Gasteiger partial charge in [-0.2, -0.15) is 0 Å². The molecule has 0 aliphatic heterocycles. The summed E-state index contributed by atoms with van der Waals surface area (Å²) in [6.45, 7) is 2.19. The number of hydrogen-bond acceptors (Lipinski definition) is 7. The first-order valence-corrected chi connectivity index (χ1v) is 9.77. The Kier molecular flexibility index (Phi) is 7.53. The Labute approximate surface area is 180 Å². The lowest BCUT2D eigenvalue weighted by atomic mass is 10.1. The first-order chi connectivity index (χ1) is 15.1. The Morgan fingerprint density at radius 3 is 2.48 bits per heavy atom. The number of benzene rings is 2. The van der Waals surface area contributed by atoms with Gasteiger partial charge < -0.3 is 20.1 Å². The van der Waals surface area contributed by atoms with Crippen LogP contribution < -0.4 is 15.4 Å². The van der Waals surface area contributed by atoms with E-state index < -0.39 is 18.0 Å². The van der Waals surface area contributed by atoms with Crippen LogP contribution in [0.4, 0.5) is 11.6 Å². The molecule has 31 heavy (non-hydrogen) atoms. The van der Waals surface area contributed by atoms with Gasteiger partial charge in [0.15, 0.2) is 0 Å². The molecule has 0 saturated carbocycles. The highest BCUT2D eigenvalue weighted by molar-refractivity contribution is 5.97. The van der Waals surface area contributed by atoms with E-state index in [1.54, 1.807) is 54.9 Å². The lowest BCUT2D eigenvalue weighted by Crippen LogP contribution is -2.26. The van der Waals surface area contributed by atoms with Crippen molar-refractivity contribution in [3.05, 3.63) is 78.1 Å². The van der Waals surface area contributed by atoms with Gasteiger partial charge in [-0.15, -0.1) is 0 Å². The minimum Gasteiger partial charge on any atom is -0.495 e. The second-order valence-corrected chi connectivity index (χ2v) is 6.72. The van der Waals surface area contributed by atoms with E-state index in [2.05, 4.69) is 20.6 Å². The molecule has 8 heteroatoms. The highest BCUT2D eigenvalue weighted by Crippen LogP contribution is 2.27. The van der Waals surface area contributed by atoms with Crippen molar-refractivity contribution in [2.75, 3.05) is 24.3 Å². The first kappa shape index (κ1) is 21.8. The van der Waals surface area contributed by atoms with Crippen LogP contribution in [0, 0.1) is 6.92 Å². The van der Waals surface area contributed by atoms with Gasteiger partial charge in [0, 0.05) is 24.5 Å². The molecule has 8 nitrogen and oxygen atoms in total. The Morgan fingerprint density at radius 2 is 1.77 bits per heavy atom. The number of nitrogens with one attached hydrogen (secondary N) is 2. The zero-order chi connectivity index (χ0) is 22.1. The molecule has 3 rings (SSSR count). The van der Waals surface area contributed by atoms with E-state index in [4.69, 9.17) is 9.47 Å². The quantitative estimate of drug-likeness (QED) is 0.511. The Bertz CT molecular complexity index is 1010. The molecular weight excluding hydrogens is 396 g/mol. The van der Waals surface area contributed by atoms with Crippen molar-refractivity contribution in [1.82, 2.24) is 9.97 Å². The molecule has 1 aromatic heterocycles. The van der Waals surface area contributed by atoms with Gasteiger partial charge in [0.05, 0.1) is 19.2 Å². The van der Waals surface area contributed by atoms with E-state index >= 15 is 0 Å². The Balaban J connectivity index is 1.69. The van der Waals surface area contributed by atoms with E-state index in [0.29, 0.717) is 22.9 Å². The molecule has 0 saturated heterocycles. The molecule has 1 heterocycles. The largest absolute Gasteiger partial charge is 0.495 e. The molecule has 0 radical (unpaired) electrons. The average molecular weight is 420 g/mol. The van der Waals surface area contributed by atoms with Gasteiger partial charge in [-0.25, -0.2) is 9.97 Å². The molecule has 2 N–H and O–H groups in total. The first-order valence-electron chi connectivity index (χ1n) is 9.77. The summed E-state index contributed by atoms with van der Waals surface area (Å²) in [4.78, 5) is 33.6. The van der Waals surface area contributed by atoms with Gasteiger partial charge in [-0.1, -0.05) is 36.4 Å². The van der Waals surface area contributed by atoms with Crippen LogP contribution in [-0.4, -0.2) is 35.5 Å². The third kappa shape index (κ3) is 6.27. The molecule has 0 fully saturated rings. The third-order valence-corrected chi connectivity index (χ3v) is 4.38. The number of amides is 1. The van der Waals surface area contributed by atoms with Crippen LogP contribution in [0.5, 0.6) is 5.75 Å². The SMILES string of the molecule is COc1ccc(C)cc1NC(=O)C(OC(=O)CCNc1ncccn1)c1ccccc1. The number of methoxy groups -OCH3 is 1. The fourth-order valence-corrected chi connectivity index (χ4v) is 2.88. The monoisotopic (exact) mass is 420 g/mol. The molecule has 0 aliphatic carbocycles. The van der Waals surface area contributed by atoms with Crippen LogP contribution in [0.3, 0.4) is 0 Å². The molecule has 1 atom stereocenters. The summed E-state index contributed by atoms with van der Waals surface area (Å²) in [7, 11) is 1.53. The maximum atomic E-state index is 13.0. The number of nitrogens with zero attached hydrogens (tertiary/aromatic N) is 2. The summed E-state index contributed by atoms with van der Waals surface area (Å²) in [5.74, 6) is -0.0604. The summed E-state index contributed by atoms with van der Waals surface area (Å²) in [5.41, 5.74) is 2.03. The summed E-state index contributed by atoms with van der Waals surface area (Å²) < 4.78 is 10.9. The number of carbonyl (C=O) groups excluding carboxylic acids is 2. The number of aryl methyl sites for hydroxylation is 1. The van der Waals surface area contributed by atoms with Gasteiger partial charge in [0.25, 0.3) is 5.91 Å². The second-order valence-electron chi connectivity index (χ2n) is 6.72. The number of esters is 1. The van der Waals surface area contributed by atoms with E-state index in [-0.39, 0.29) is 13.0 Å². The lowest BCUT2D eigenvalue weighted by molar-refractivity contribution is -0.154. The summed E-state index contributed by atoms with van der Waals surface area (Å²) in [5, 5.41) is 5.75. The average Bonchev–Trinajstić information content (AvgIpc) is 2.79. The third-order valence-electron chi connectivity index (χ3n) is 4.38. The van der Waals surface area contributed by atoms with Crippen molar-refractivity contribution in [1.29, 1.82) is 0 Å². The highest BCUT2D eigenvalue weighted by Gasteiger charge is 2.26. The summed E-state index contributed by atoms with van der Waals surface area (Å²) in [6.07, 6.45) is 2.14. The number of anilines is 2. The molecular formula is C23H24N4O4. The number of hydrogen-bond donors (Lipinski definition) is 2. The van der Waals surface area contributed by atoms with Gasteiger partial charge >= 0.3 is 5.97 Å². The smallest absolute Gasteiger partial charge is 0.308 e. The van der Waals surface area contributed by atoms with Gasteiger partial charge in [0.2, 0.25) is 12.1 Å². The molecule has 0 bridgehead atoms. The van der Waals surface area contributed by atoms with Crippen LogP contribution >= 0.6 is 0 Å². The zero-order valence-corrected chi connectivity index (χ0v) is 17.4. The molecule has 0 aliphatic rings. The highest BCUT2D eigenvalue weighted by atomic mass is 16.5. The van der Waals surface area contributed by atoms with Crippen LogP contribution in [-0.2, 0) is 14.3 Å². The Hall–Kier alpha value is -3.94. The van der Waals surface area contributed by atoms with Crippen molar-refractivity contribution in [2.45, 2.75) is 19.4 Å². The standard InChI is InChI=1S/C23H24N4O4/c1-16-9-10-19(30-2)18(15-16)27-22(29)21(17-7-4-3-5-8-17)31-20(28)11-14-26-23-24-12-6-13-25-23/h3-10,12-13,15,21H,11,14H2,1-2H3,(H,27,29)(H,24,25,26). The molecule has 1 amide bonds. The number of aromatic nitrogens is 2. The molecule has 3 aromatic rings. The summed E-state index contributed by atoms with van der Waals surface area (Å²) >= 11 is 0. The van der Waals surface area contributed by atoms with Crippen LogP contribution in [0.25, 0.3) is 0 Å². The van der Waals surface area contributed by atoms with E-state index in [1.807, 2.05) is 19.1 Å². The molecule has 1 unspecified atom stereocenters. The van der Waals surface area contributed by atoms with Crippen molar-refractivity contribution in [3.63, 3.8) is 0 Å². The van der Waals surface area contributed by atoms with Crippen LogP contribution in [0.2, 0.25) is 0 Å². The second kappa shape index (κ2) is 10.7. The van der Waals surface area contributed by atoms with Gasteiger partial charge in [0.1, 0.15) is 5.75 Å². The Morgan fingerprint density at radius 1 is 1.03 bits per heavy atom. The maximum absolute atomic E-state index is 13.0. The fraction of sp³-hybridized carbons (Fsp3) is 0.217. The zero-order valence-electron chi connectivity index (χ0n) is 17.4. The number of ether oxygens (including phenoxy) is 2. The van der Waals surface area contributed by atoms with E-state index in [9.17, 15) is 9.59 Å². The van der Waals surface area contributed by atoms with Gasteiger partial charge in [-0.3, -0.25) is 9.59 Å². The molecule has 2 aromatic carbocycles. The lowest BCUT2D eigenvalue weighted by Gasteiger charge is -2.19. The molecule has 160 valence electrons. The van der Waals surface area contributed by atoms with E-state index in [0.717, 1.165) is 5.56 Å². The predicted molar refractivity (Wildman–Crippen MR) is 117 cm³/mol. The van der Waals surface area contributed by atoms with E-state index in [1.165, 1.54) is 7.11 Å². The number of rotatable bonds is 9. The number of carbonyl (C=O) groups is 2. The van der Waals surface area contributed by atoms with Crippen molar-refractivity contribution >= 4 is 23.5 Å². The van der Waals surface area contributed by atoms with Crippen molar-refractivity contribution < 1.29 is 19.1 Å². The van der Waals surface area contributed by atoms with Crippen LogP contribution in [0.1, 0.15) is 23.7 Å².